The predicted molar refractivity (Wildman–Crippen MR) is 120 cm³/mol. The van der Waals surface area contributed by atoms with Crippen molar-refractivity contribution in [3.63, 3.8) is 0 Å². The van der Waals surface area contributed by atoms with Crippen molar-refractivity contribution in [2.45, 2.75) is 46.1 Å². The van der Waals surface area contributed by atoms with Gasteiger partial charge in [-0.15, -0.1) is 0 Å². The highest BCUT2D eigenvalue weighted by molar-refractivity contribution is 5.90. The molecule has 0 bridgehead atoms. The van der Waals surface area contributed by atoms with Crippen LogP contribution in [0, 0.1) is 23.2 Å². The van der Waals surface area contributed by atoms with Crippen molar-refractivity contribution >= 4 is 18.0 Å². The van der Waals surface area contributed by atoms with Gasteiger partial charge in [-0.3, -0.25) is 4.79 Å². The van der Waals surface area contributed by atoms with E-state index >= 15 is 0 Å². The summed E-state index contributed by atoms with van der Waals surface area (Å²) in [6.45, 7) is 6.70. The molecule has 1 amide bonds. The molecule has 8 heteroatoms. The molecule has 1 fully saturated rings. The lowest BCUT2D eigenvalue weighted by molar-refractivity contribution is -0.149. The maximum absolute atomic E-state index is 12.6. The van der Waals surface area contributed by atoms with Gasteiger partial charge >= 0.3 is 5.97 Å². The number of ether oxygens (including phenoxy) is 1. The van der Waals surface area contributed by atoms with Crippen LogP contribution in [0.2, 0.25) is 0 Å². The van der Waals surface area contributed by atoms with E-state index in [4.69, 9.17) is 9.15 Å². The Morgan fingerprint density at radius 3 is 2.48 bits per heavy atom. The number of esters is 1. The van der Waals surface area contributed by atoms with Gasteiger partial charge in [0.15, 0.2) is 6.23 Å². The Hall–Kier alpha value is -3.41. The van der Waals surface area contributed by atoms with E-state index in [0.717, 1.165) is 10.5 Å². The molecule has 1 aromatic heterocycles. The number of furan rings is 1. The first-order chi connectivity index (χ1) is 15.6. The second-order valence-corrected chi connectivity index (χ2v) is 8.49. The smallest absolute Gasteiger partial charge is 0.338 e. The van der Waals surface area contributed by atoms with E-state index in [0.29, 0.717) is 22.7 Å². The number of likely N-dealkylation sites (tertiary alicyclic amines) is 1. The number of β-amino-alcohol motifs (C(OH)–C–C–N with tert-alkyl or cyclic N) is 1. The van der Waals surface area contributed by atoms with Crippen LogP contribution < -0.4 is 0 Å². The fraction of sp³-hybridized carbons (Fsp3) is 0.400. The number of carbonyl (C=O) groups is 2. The van der Waals surface area contributed by atoms with E-state index in [-0.39, 0.29) is 12.6 Å². The first-order valence-electron chi connectivity index (χ1n) is 10.8. The zero-order chi connectivity index (χ0) is 24.3. The molecule has 8 nitrogen and oxygen atoms in total. The second kappa shape index (κ2) is 10.0. The molecule has 1 aliphatic rings. The number of carbonyl (C=O) groups excluding carboxylic acids is 2. The summed E-state index contributed by atoms with van der Waals surface area (Å²) >= 11 is 0. The Balaban J connectivity index is 1.86. The Morgan fingerprint density at radius 2 is 1.91 bits per heavy atom. The van der Waals surface area contributed by atoms with Crippen molar-refractivity contribution in [1.29, 1.82) is 5.26 Å². The van der Waals surface area contributed by atoms with Crippen molar-refractivity contribution in [3.8, 4) is 17.4 Å². The lowest BCUT2D eigenvalue weighted by Crippen LogP contribution is -2.54. The largest absolute Gasteiger partial charge is 0.459 e. The van der Waals surface area contributed by atoms with Gasteiger partial charge in [-0.25, -0.2) is 4.79 Å². The molecule has 3 rings (SSSR count). The van der Waals surface area contributed by atoms with Crippen LogP contribution >= 0.6 is 0 Å². The minimum atomic E-state index is -1.27. The fourth-order valence-electron chi connectivity index (χ4n) is 3.77. The van der Waals surface area contributed by atoms with Crippen LogP contribution in [0.5, 0.6) is 0 Å². The van der Waals surface area contributed by atoms with E-state index in [1.165, 1.54) is 6.92 Å². The first kappa shape index (κ1) is 24.2. The summed E-state index contributed by atoms with van der Waals surface area (Å²) in [6, 6.07) is 12.3. The lowest BCUT2D eigenvalue weighted by Gasteiger charge is -2.40. The summed E-state index contributed by atoms with van der Waals surface area (Å²) in [5, 5.41) is 30.0. The zero-order valence-corrected chi connectivity index (χ0v) is 19.1. The van der Waals surface area contributed by atoms with Crippen molar-refractivity contribution in [2.75, 3.05) is 6.54 Å². The van der Waals surface area contributed by atoms with Gasteiger partial charge in [-0.05, 0) is 56.7 Å². The molecular formula is C25H28N2O6. The van der Waals surface area contributed by atoms with E-state index < -0.39 is 36.0 Å². The SMILES string of the molecule is CC(O)CN1C(=O)C(C#N)C(C)/C(=C\c2ccc(-c3ccc(C(=O)OC(C)C)cc3)o2)C1O. The van der Waals surface area contributed by atoms with Gasteiger partial charge < -0.3 is 24.3 Å². The van der Waals surface area contributed by atoms with Gasteiger partial charge in [0.2, 0.25) is 5.91 Å². The number of nitriles is 1. The molecule has 33 heavy (non-hydrogen) atoms. The van der Waals surface area contributed by atoms with Gasteiger partial charge in [0, 0.05) is 18.0 Å². The van der Waals surface area contributed by atoms with Crippen LogP contribution in [0.15, 0.2) is 46.4 Å². The van der Waals surface area contributed by atoms with Gasteiger partial charge in [-0.1, -0.05) is 19.1 Å². The monoisotopic (exact) mass is 452 g/mol. The molecule has 1 saturated heterocycles. The van der Waals surface area contributed by atoms with Gasteiger partial charge in [0.05, 0.1) is 23.8 Å². The molecule has 4 atom stereocenters. The summed E-state index contributed by atoms with van der Waals surface area (Å²) < 4.78 is 11.1. The Morgan fingerprint density at radius 1 is 1.24 bits per heavy atom. The van der Waals surface area contributed by atoms with Crippen molar-refractivity contribution in [3.05, 3.63) is 53.3 Å². The van der Waals surface area contributed by atoms with Crippen LogP contribution in [0.4, 0.5) is 0 Å². The molecule has 0 saturated carbocycles. The molecular weight excluding hydrogens is 424 g/mol. The molecule has 1 aliphatic heterocycles. The van der Waals surface area contributed by atoms with Crippen LogP contribution in [-0.4, -0.2) is 52.0 Å². The minimum Gasteiger partial charge on any atom is -0.459 e. The van der Waals surface area contributed by atoms with Crippen molar-refractivity contribution in [1.82, 2.24) is 4.90 Å². The van der Waals surface area contributed by atoms with Gasteiger partial charge in [-0.2, -0.15) is 5.26 Å². The number of amides is 1. The molecule has 0 spiro atoms. The standard InChI is InChI=1S/C25H28N2O6/c1-14(2)32-25(31)18-7-5-17(6-8-18)22-10-9-19(33-22)11-20-16(4)21(12-26)24(30)27(23(20)29)13-15(3)28/h5-11,14-16,21,23,28-29H,13H2,1-4H3/b20-11+. The van der Waals surface area contributed by atoms with Crippen LogP contribution in [0.1, 0.15) is 43.8 Å². The van der Waals surface area contributed by atoms with Crippen LogP contribution in [0.25, 0.3) is 17.4 Å². The molecule has 2 N–H and O–H groups in total. The number of aliphatic hydroxyl groups excluding tert-OH is 2. The highest BCUT2D eigenvalue weighted by Crippen LogP contribution is 2.35. The maximum Gasteiger partial charge on any atom is 0.338 e. The summed E-state index contributed by atoms with van der Waals surface area (Å²) in [4.78, 5) is 25.7. The topological polar surface area (TPSA) is 124 Å². The Labute approximate surface area is 192 Å². The molecule has 174 valence electrons. The van der Waals surface area contributed by atoms with Crippen molar-refractivity contribution in [2.24, 2.45) is 11.8 Å². The third-order valence-corrected chi connectivity index (χ3v) is 5.45. The maximum atomic E-state index is 12.6. The lowest BCUT2D eigenvalue weighted by atomic mass is 9.81. The normalized spacial score (nSPS) is 23.0. The number of benzene rings is 1. The van der Waals surface area contributed by atoms with Crippen LogP contribution in [0.3, 0.4) is 0 Å². The average Bonchev–Trinajstić information content (AvgIpc) is 3.23. The molecule has 2 heterocycles. The Bertz CT molecular complexity index is 1080. The highest BCUT2D eigenvalue weighted by atomic mass is 16.5. The summed E-state index contributed by atoms with van der Waals surface area (Å²) in [5.74, 6) is -1.40. The van der Waals surface area contributed by atoms with Gasteiger partial charge in [0.25, 0.3) is 0 Å². The van der Waals surface area contributed by atoms with E-state index in [1.54, 1.807) is 63.2 Å². The second-order valence-electron chi connectivity index (χ2n) is 8.49. The molecule has 4 unspecified atom stereocenters. The number of aliphatic hydroxyl groups is 2. The minimum absolute atomic E-state index is 0.0861. The van der Waals surface area contributed by atoms with E-state index in [1.807, 2.05) is 6.07 Å². The van der Waals surface area contributed by atoms with E-state index in [9.17, 15) is 25.1 Å². The predicted octanol–water partition coefficient (Wildman–Crippen LogP) is 3.21. The Kier molecular flexibility index (Phi) is 7.36. The number of nitrogens with zero attached hydrogens (tertiary/aromatic N) is 2. The van der Waals surface area contributed by atoms with Crippen LogP contribution in [-0.2, 0) is 9.53 Å². The first-order valence-corrected chi connectivity index (χ1v) is 10.8. The molecule has 0 radical (unpaired) electrons. The van der Waals surface area contributed by atoms with Crippen molar-refractivity contribution < 1.29 is 29.0 Å². The number of hydrogen-bond donors (Lipinski definition) is 2. The highest BCUT2D eigenvalue weighted by Gasteiger charge is 2.43. The zero-order valence-electron chi connectivity index (χ0n) is 19.1. The fourth-order valence-corrected chi connectivity index (χ4v) is 3.77. The number of rotatable bonds is 6. The molecule has 0 aliphatic carbocycles. The third kappa shape index (κ3) is 5.33. The number of piperidine rings is 1. The molecule has 1 aromatic carbocycles. The van der Waals surface area contributed by atoms with Gasteiger partial charge in [0.1, 0.15) is 17.4 Å². The van der Waals surface area contributed by atoms with E-state index in [2.05, 4.69) is 0 Å². The summed E-state index contributed by atoms with van der Waals surface area (Å²) in [5.41, 5.74) is 1.64. The summed E-state index contributed by atoms with van der Waals surface area (Å²) in [6.07, 6.45) is -0.707. The molecule has 2 aromatic rings. The summed E-state index contributed by atoms with van der Waals surface area (Å²) in [7, 11) is 0. The average molecular weight is 453 g/mol. The quantitative estimate of drug-likeness (QED) is 0.645. The third-order valence-electron chi connectivity index (χ3n) is 5.45. The number of hydrogen-bond acceptors (Lipinski definition) is 7.